The summed E-state index contributed by atoms with van der Waals surface area (Å²) in [6.07, 6.45) is 6.27. The molecule has 0 bridgehead atoms. The first kappa shape index (κ1) is 9.44. The molecule has 13 heavy (non-hydrogen) atoms. The van der Waals surface area contributed by atoms with Gasteiger partial charge in [0.05, 0.1) is 12.1 Å². The smallest absolute Gasteiger partial charge is 0.0624 e. The van der Waals surface area contributed by atoms with Crippen LogP contribution in [0.2, 0.25) is 0 Å². The van der Waals surface area contributed by atoms with Crippen LogP contribution < -0.4 is 5.73 Å². The Morgan fingerprint density at radius 3 is 3.00 bits per heavy atom. The summed E-state index contributed by atoms with van der Waals surface area (Å²) in [6, 6.07) is 0.652. The highest BCUT2D eigenvalue weighted by Crippen LogP contribution is 2.30. The van der Waals surface area contributed by atoms with Crippen molar-refractivity contribution >= 4 is 0 Å². The molecule has 0 spiro atoms. The summed E-state index contributed by atoms with van der Waals surface area (Å²) < 4.78 is 0. The molecule has 0 radical (unpaired) electrons. The molecule has 0 aromatic heterocycles. The van der Waals surface area contributed by atoms with Crippen LogP contribution in [0.3, 0.4) is 0 Å². The van der Waals surface area contributed by atoms with Crippen molar-refractivity contribution in [2.45, 2.75) is 43.7 Å². The van der Waals surface area contributed by atoms with E-state index < -0.39 is 0 Å². The van der Waals surface area contributed by atoms with Gasteiger partial charge in [-0.15, -0.1) is 0 Å². The highest BCUT2D eigenvalue weighted by molar-refractivity contribution is 5.00. The zero-order valence-electron chi connectivity index (χ0n) is 8.21. The quantitative estimate of drug-likeness (QED) is 0.617. The number of aliphatic hydroxyl groups is 1. The van der Waals surface area contributed by atoms with Gasteiger partial charge in [0.1, 0.15) is 0 Å². The van der Waals surface area contributed by atoms with E-state index in [-0.39, 0.29) is 12.1 Å². The maximum absolute atomic E-state index is 9.19. The van der Waals surface area contributed by atoms with Gasteiger partial charge in [-0.25, -0.2) is 0 Å². The Morgan fingerprint density at radius 1 is 1.38 bits per heavy atom. The summed E-state index contributed by atoms with van der Waals surface area (Å²) in [5.41, 5.74) is 5.77. The fourth-order valence-corrected chi connectivity index (χ4v) is 2.73. The molecule has 3 N–H and O–H groups in total. The van der Waals surface area contributed by atoms with Crippen LogP contribution in [0, 0.1) is 0 Å². The fourth-order valence-electron chi connectivity index (χ4n) is 2.73. The first-order valence-corrected chi connectivity index (χ1v) is 5.37. The number of nitrogens with two attached hydrogens (primary N) is 1. The second kappa shape index (κ2) is 3.56. The van der Waals surface area contributed by atoms with Crippen LogP contribution in [0.1, 0.15) is 32.1 Å². The van der Waals surface area contributed by atoms with Crippen LogP contribution in [0.15, 0.2) is 0 Å². The minimum atomic E-state index is -0.304. The van der Waals surface area contributed by atoms with Gasteiger partial charge >= 0.3 is 0 Å². The number of rotatable bonds is 1. The summed E-state index contributed by atoms with van der Waals surface area (Å²) in [7, 11) is 0. The molecule has 0 aromatic carbocycles. The highest BCUT2D eigenvalue weighted by Gasteiger charge is 2.40. The number of hydrogen-bond donors (Lipinski definition) is 2. The lowest BCUT2D eigenvalue weighted by atomic mass is 9.96. The summed E-state index contributed by atoms with van der Waals surface area (Å²) in [6.45, 7) is 2.22. The molecule has 2 fully saturated rings. The van der Waals surface area contributed by atoms with E-state index in [2.05, 4.69) is 4.90 Å². The number of hydrogen-bond acceptors (Lipinski definition) is 3. The lowest BCUT2D eigenvalue weighted by molar-refractivity contribution is 0.192. The van der Waals surface area contributed by atoms with Crippen LogP contribution in [-0.2, 0) is 0 Å². The van der Waals surface area contributed by atoms with Crippen molar-refractivity contribution in [3.05, 3.63) is 0 Å². The van der Waals surface area contributed by atoms with E-state index in [1.807, 2.05) is 0 Å². The molecule has 2 atom stereocenters. The Labute approximate surface area is 79.9 Å². The number of fused-ring (bicyclic) bond motifs is 1. The zero-order chi connectivity index (χ0) is 9.31. The minimum Gasteiger partial charge on any atom is -0.394 e. The van der Waals surface area contributed by atoms with Gasteiger partial charge in [-0.2, -0.15) is 0 Å². The Morgan fingerprint density at radius 2 is 2.23 bits per heavy atom. The van der Waals surface area contributed by atoms with Gasteiger partial charge in [0.25, 0.3) is 0 Å². The molecule has 76 valence electrons. The molecular formula is C10H20N2O. The normalized spacial score (nSPS) is 41.5. The van der Waals surface area contributed by atoms with Crippen LogP contribution in [0.5, 0.6) is 0 Å². The predicted molar refractivity (Wildman–Crippen MR) is 52.5 cm³/mol. The SMILES string of the molecule is NC1(CO)CC2CCCCCN2C1. The van der Waals surface area contributed by atoms with Crippen molar-refractivity contribution in [2.75, 3.05) is 19.7 Å². The lowest BCUT2D eigenvalue weighted by Crippen LogP contribution is -2.46. The monoisotopic (exact) mass is 184 g/mol. The Bertz CT molecular complexity index is 170. The molecule has 0 amide bonds. The van der Waals surface area contributed by atoms with Crippen molar-refractivity contribution in [2.24, 2.45) is 5.73 Å². The second-order valence-electron chi connectivity index (χ2n) is 4.70. The molecule has 2 aliphatic rings. The molecule has 2 unspecified atom stereocenters. The molecule has 3 nitrogen and oxygen atoms in total. The molecule has 0 aliphatic carbocycles. The van der Waals surface area contributed by atoms with Crippen LogP contribution >= 0.6 is 0 Å². The molecule has 2 heterocycles. The van der Waals surface area contributed by atoms with Gasteiger partial charge in [-0.05, 0) is 25.8 Å². The largest absolute Gasteiger partial charge is 0.394 e. The Hall–Kier alpha value is -0.120. The van der Waals surface area contributed by atoms with E-state index in [1.54, 1.807) is 0 Å². The average Bonchev–Trinajstić information content (AvgIpc) is 2.29. The van der Waals surface area contributed by atoms with Gasteiger partial charge in [0.2, 0.25) is 0 Å². The van der Waals surface area contributed by atoms with E-state index in [9.17, 15) is 5.11 Å². The summed E-state index contributed by atoms with van der Waals surface area (Å²) >= 11 is 0. The molecule has 0 aromatic rings. The average molecular weight is 184 g/mol. The van der Waals surface area contributed by atoms with Crippen LogP contribution in [-0.4, -0.2) is 41.3 Å². The van der Waals surface area contributed by atoms with E-state index in [4.69, 9.17) is 5.73 Å². The first-order chi connectivity index (χ1) is 6.23. The van der Waals surface area contributed by atoms with Crippen molar-refractivity contribution in [1.82, 2.24) is 4.90 Å². The van der Waals surface area contributed by atoms with Crippen molar-refractivity contribution in [3.63, 3.8) is 0 Å². The van der Waals surface area contributed by atoms with Crippen molar-refractivity contribution in [1.29, 1.82) is 0 Å². The van der Waals surface area contributed by atoms with Crippen LogP contribution in [0.4, 0.5) is 0 Å². The lowest BCUT2D eigenvalue weighted by Gasteiger charge is -2.22. The van der Waals surface area contributed by atoms with Crippen LogP contribution in [0.25, 0.3) is 0 Å². The van der Waals surface area contributed by atoms with Gasteiger partial charge < -0.3 is 10.8 Å². The van der Waals surface area contributed by atoms with Gasteiger partial charge in [-0.3, -0.25) is 4.90 Å². The summed E-state index contributed by atoms with van der Waals surface area (Å²) in [5, 5.41) is 9.19. The van der Waals surface area contributed by atoms with E-state index in [1.165, 1.54) is 32.2 Å². The molecular weight excluding hydrogens is 164 g/mol. The zero-order valence-corrected chi connectivity index (χ0v) is 8.21. The fraction of sp³-hybridized carbons (Fsp3) is 1.00. The minimum absolute atomic E-state index is 0.139. The third-order valence-electron chi connectivity index (χ3n) is 3.47. The van der Waals surface area contributed by atoms with E-state index in [0.29, 0.717) is 6.04 Å². The van der Waals surface area contributed by atoms with Gasteiger partial charge in [0, 0.05) is 12.6 Å². The molecule has 2 rings (SSSR count). The standard InChI is InChI=1S/C10H20N2O/c11-10(8-13)6-9-4-2-1-3-5-12(9)7-10/h9,13H,1-8,11H2. The molecule has 0 saturated carbocycles. The van der Waals surface area contributed by atoms with Crippen molar-refractivity contribution < 1.29 is 5.11 Å². The third kappa shape index (κ3) is 1.87. The number of aliphatic hydroxyl groups excluding tert-OH is 1. The van der Waals surface area contributed by atoms with Crippen molar-refractivity contribution in [3.8, 4) is 0 Å². The molecule has 3 heteroatoms. The first-order valence-electron chi connectivity index (χ1n) is 5.37. The highest BCUT2D eigenvalue weighted by atomic mass is 16.3. The van der Waals surface area contributed by atoms with Gasteiger partial charge in [0.15, 0.2) is 0 Å². The van der Waals surface area contributed by atoms with E-state index >= 15 is 0 Å². The summed E-state index contributed by atoms with van der Waals surface area (Å²) in [5.74, 6) is 0. The van der Waals surface area contributed by atoms with E-state index in [0.717, 1.165) is 13.0 Å². The topological polar surface area (TPSA) is 49.5 Å². The maximum Gasteiger partial charge on any atom is 0.0624 e. The Balaban J connectivity index is 2.01. The number of nitrogens with zero attached hydrogens (tertiary/aromatic N) is 1. The molecule has 2 saturated heterocycles. The second-order valence-corrected chi connectivity index (χ2v) is 4.70. The summed E-state index contributed by atoms with van der Waals surface area (Å²) in [4.78, 5) is 2.48. The molecule has 2 aliphatic heterocycles. The Kier molecular flexibility index (Phi) is 2.58. The third-order valence-corrected chi connectivity index (χ3v) is 3.47. The van der Waals surface area contributed by atoms with Gasteiger partial charge in [-0.1, -0.05) is 12.8 Å². The maximum atomic E-state index is 9.19. The predicted octanol–water partition coefficient (Wildman–Crippen LogP) is 0.324.